The second-order valence-electron chi connectivity index (χ2n) is 3.80. The van der Waals surface area contributed by atoms with Crippen LogP contribution in [0.1, 0.15) is 39.6 Å². The molecular weight excluding hydrogens is 250 g/mol. The van der Waals surface area contributed by atoms with Gasteiger partial charge in [0.2, 0.25) is 0 Å². The third-order valence-corrected chi connectivity index (χ3v) is 2.43. The van der Waals surface area contributed by atoms with Gasteiger partial charge in [-0.1, -0.05) is 0 Å². The van der Waals surface area contributed by atoms with Gasteiger partial charge in [0.1, 0.15) is 17.8 Å². The van der Waals surface area contributed by atoms with E-state index in [0.717, 1.165) is 0 Å². The molecule has 3 N–H and O–H groups in total. The molecule has 0 aliphatic carbocycles. The van der Waals surface area contributed by atoms with Gasteiger partial charge < -0.3 is 10.4 Å². The molecule has 0 aromatic carbocycles. The fourth-order valence-electron chi connectivity index (χ4n) is 1.46. The van der Waals surface area contributed by atoms with E-state index in [1.165, 1.54) is 24.7 Å². The second-order valence-corrected chi connectivity index (χ2v) is 3.80. The zero-order valence-electron chi connectivity index (χ0n) is 9.99. The predicted molar refractivity (Wildman–Crippen MR) is 63.5 cm³/mol. The molecule has 0 saturated carbocycles. The van der Waals surface area contributed by atoms with Crippen molar-refractivity contribution < 1.29 is 14.7 Å². The molecular formula is C11H11N5O3. The predicted octanol–water partition coefficient (Wildman–Crippen LogP) is 0.389. The summed E-state index contributed by atoms with van der Waals surface area (Å²) in [4.78, 5) is 30.3. The van der Waals surface area contributed by atoms with E-state index >= 15 is 0 Å². The minimum atomic E-state index is -1.18. The maximum atomic E-state index is 11.9. The number of amides is 1. The molecule has 0 saturated heterocycles. The van der Waals surface area contributed by atoms with Crippen LogP contribution in [-0.4, -0.2) is 37.1 Å². The number of rotatable bonds is 4. The number of hydrogen-bond acceptors (Lipinski definition) is 5. The Morgan fingerprint density at radius 3 is 2.84 bits per heavy atom. The van der Waals surface area contributed by atoms with Gasteiger partial charge in [-0.15, -0.1) is 0 Å². The Morgan fingerprint density at radius 2 is 2.21 bits per heavy atom. The molecule has 0 radical (unpaired) electrons. The summed E-state index contributed by atoms with van der Waals surface area (Å²) in [6.07, 6.45) is 2.62. The lowest BCUT2D eigenvalue weighted by Gasteiger charge is -2.11. The first-order valence-electron chi connectivity index (χ1n) is 5.43. The summed E-state index contributed by atoms with van der Waals surface area (Å²) in [5.74, 6) is -1.08. The maximum absolute atomic E-state index is 11.9. The van der Waals surface area contributed by atoms with Gasteiger partial charge in [0, 0.05) is 11.8 Å². The lowest BCUT2D eigenvalue weighted by atomic mass is 10.2. The van der Waals surface area contributed by atoms with Crippen LogP contribution in [0.25, 0.3) is 0 Å². The molecule has 0 fully saturated rings. The molecule has 2 aromatic rings. The number of aromatic carboxylic acids is 1. The Kier molecular flexibility index (Phi) is 3.51. The van der Waals surface area contributed by atoms with Crippen molar-refractivity contribution in [3.8, 4) is 0 Å². The standard InChI is InChI=1S/C11H11N5O3/c1-6(9-13-5-14-16-9)15-10(17)7-2-3-12-8(4-7)11(18)19/h2-6H,1H3,(H,15,17)(H,18,19)(H,13,14,16). The number of aromatic amines is 1. The SMILES string of the molecule is CC(NC(=O)c1ccnc(C(=O)O)c1)c1ncn[nH]1. The Morgan fingerprint density at radius 1 is 1.42 bits per heavy atom. The molecule has 2 heterocycles. The van der Waals surface area contributed by atoms with Gasteiger partial charge >= 0.3 is 5.97 Å². The van der Waals surface area contributed by atoms with Gasteiger partial charge in [-0.25, -0.2) is 14.8 Å². The van der Waals surface area contributed by atoms with Crippen LogP contribution in [-0.2, 0) is 0 Å². The molecule has 8 nitrogen and oxygen atoms in total. The summed E-state index contributed by atoms with van der Waals surface area (Å²) < 4.78 is 0. The number of nitrogens with one attached hydrogen (secondary N) is 2. The fraction of sp³-hybridized carbons (Fsp3) is 0.182. The zero-order valence-corrected chi connectivity index (χ0v) is 9.99. The molecule has 1 unspecified atom stereocenters. The van der Waals surface area contributed by atoms with Crippen molar-refractivity contribution in [1.82, 2.24) is 25.5 Å². The van der Waals surface area contributed by atoms with Gasteiger partial charge in [0.05, 0.1) is 6.04 Å². The minimum Gasteiger partial charge on any atom is -0.477 e. The average molecular weight is 261 g/mol. The topological polar surface area (TPSA) is 121 Å². The molecule has 0 aliphatic rings. The summed E-state index contributed by atoms with van der Waals surface area (Å²) in [6.45, 7) is 1.73. The van der Waals surface area contributed by atoms with Crippen molar-refractivity contribution in [3.63, 3.8) is 0 Å². The van der Waals surface area contributed by atoms with Crippen LogP contribution < -0.4 is 5.32 Å². The molecule has 0 aliphatic heterocycles. The molecule has 0 bridgehead atoms. The van der Waals surface area contributed by atoms with Crippen LogP contribution in [0.15, 0.2) is 24.7 Å². The monoisotopic (exact) mass is 261 g/mol. The normalized spacial score (nSPS) is 11.8. The number of carbonyl (C=O) groups excluding carboxylic acids is 1. The van der Waals surface area contributed by atoms with Crippen LogP contribution in [0.2, 0.25) is 0 Å². The molecule has 2 aromatic heterocycles. The zero-order chi connectivity index (χ0) is 13.8. The summed E-state index contributed by atoms with van der Waals surface area (Å²) in [6, 6.07) is 2.29. The third kappa shape index (κ3) is 2.92. The summed E-state index contributed by atoms with van der Waals surface area (Å²) in [5.41, 5.74) is 0.0405. The van der Waals surface area contributed by atoms with E-state index in [2.05, 4.69) is 25.5 Å². The van der Waals surface area contributed by atoms with Crippen molar-refractivity contribution in [2.24, 2.45) is 0 Å². The molecule has 19 heavy (non-hydrogen) atoms. The van der Waals surface area contributed by atoms with E-state index in [9.17, 15) is 9.59 Å². The summed E-state index contributed by atoms with van der Waals surface area (Å²) >= 11 is 0. The Labute approximate surface area is 107 Å². The molecule has 1 amide bonds. The van der Waals surface area contributed by atoms with Gasteiger partial charge in [0.25, 0.3) is 5.91 Å². The highest BCUT2D eigenvalue weighted by Gasteiger charge is 2.15. The van der Waals surface area contributed by atoms with E-state index < -0.39 is 11.9 Å². The Hall–Kier alpha value is -2.77. The number of carboxylic acids is 1. The van der Waals surface area contributed by atoms with Gasteiger partial charge in [-0.2, -0.15) is 5.10 Å². The van der Waals surface area contributed by atoms with Gasteiger partial charge in [0.15, 0.2) is 0 Å². The molecule has 2 rings (SSSR count). The van der Waals surface area contributed by atoms with Crippen LogP contribution in [0.4, 0.5) is 0 Å². The van der Waals surface area contributed by atoms with Gasteiger partial charge in [-0.05, 0) is 19.1 Å². The van der Waals surface area contributed by atoms with Crippen LogP contribution in [0.3, 0.4) is 0 Å². The third-order valence-electron chi connectivity index (χ3n) is 2.43. The summed E-state index contributed by atoms with van der Waals surface area (Å²) in [5, 5.41) is 17.8. The number of nitrogens with zero attached hydrogens (tertiary/aromatic N) is 3. The van der Waals surface area contributed by atoms with E-state index in [4.69, 9.17) is 5.11 Å². The highest BCUT2D eigenvalue weighted by atomic mass is 16.4. The molecule has 0 spiro atoms. The smallest absolute Gasteiger partial charge is 0.354 e. The van der Waals surface area contributed by atoms with Crippen molar-refractivity contribution in [2.75, 3.05) is 0 Å². The highest BCUT2D eigenvalue weighted by molar-refractivity contribution is 5.96. The first kappa shape index (κ1) is 12.7. The van der Waals surface area contributed by atoms with Crippen LogP contribution in [0.5, 0.6) is 0 Å². The van der Waals surface area contributed by atoms with Crippen molar-refractivity contribution >= 4 is 11.9 Å². The van der Waals surface area contributed by atoms with E-state index in [0.29, 0.717) is 5.82 Å². The number of aromatic nitrogens is 4. The minimum absolute atomic E-state index is 0.181. The largest absolute Gasteiger partial charge is 0.477 e. The number of pyridine rings is 1. The lowest BCUT2D eigenvalue weighted by Crippen LogP contribution is -2.27. The molecule has 8 heteroatoms. The van der Waals surface area contributed by atoms with E-state index in [1.807, 2.05) is 0 Å². The number of H-pyrrole nitrogens is 1. The number of hydrogen-bond donors (Lipinski definition) is 3. The first-order valence-corrected chi connectivity index (χ1v) is 5.43. The maximum Gasteiger partial charge on any atom is 0.354 e. The number of carboxylic acid groups (broad SMARTS) is 1. The Balaban J connectivity index is 2.12. The first-order chi connectivity index (χ1) is 9.08. The number of carbonyl (C=O) groups is 2. The van der Waals surface area contributed by atoms with E-state index in [1.54, 1.807) is 6.92 Å². The Bertz CT molecular complexity index is 596. The molecule has 1 atom stereocenters. The second kappa shape index (κ2) is 5.25. The van der Waals surface area contributed by atoms with Gasteiger partial charge in [-0.3, -0.25) is 9.89 Å². The quantitative estimate of drug-likeness (QED) is 0.732. The van der Waals surface area contributed by atoms with Crippen LogP contribution >= 0.6 is 0 Å². The van der Waals surface area contributed by atoms with Crippen molar-refractivity contribution in [1.29, 1.82) is 0 Å². The fourth-order valence-corrected chi connectivity index (χ4v) is 1.46. The van der Waals surface area contributed by atoms with Crippen LogP contribution in [0, 0.1) is 0 Å². The van der Waals surface area contributed by atoms with E-state index in [-0.39, 0.29) is 17.3 Å². The average Bonchev–Trinajstić information content (AvgIpc) is 2.92. The lowest BCUT2D eigenvalue weighted by molar-refractivity contribution is 0.0690. The summed E-state index contributed by atoms with van der Waals surface area (Å²) in [7, 11) is 0. The van der Waals surface area contributed by atoms with Crippen molar-refractivity contribution in [2.45, 2.75) is 13.0 Å². The highest BCUT2D eigenvalue weighted by Crippen LogP contribution is 2.07. The van der Waals surface area contributed by atoms with Crippen molar-refractivity contribution in [3.05, 3.63) is 41.7 Å². The molecule has 98 valence electrons.